The van der Waals surface area contributed by atoms with E-state index < -0.39 is 10.8 Å². The first-order valence-corrected chi connectivity index (χ1v) is 8.35. The molecule has 23 heavy (non-hydrogen) atoms. The number of hydrogen-bond donors (Lipinski definition) is 0. The van der Waals surface area contributed by atoms with Gasteiger partial charge in [-0.05, 0) is 18.6 Å². The molecule has 0 unspecified atom stereocenters. The second-order valence-corrected chi connectivity index (χ2v) is 6.49. The van der Waals surface area contributed by atoms with Crippen LogP contribution in [0.4, 0.5) is 5.69 Å². The van der Waals surface area contributed by atoms with Gasteiger partial charge in [-0.2, -0.15) is 4.99 Å². The lowest BCUT2D eigenvalue weighted by Gasteiger charge is -2.00. The van der Waals surface area contributed by atoms with Crippen LogP contribution < -0.4 is 0 Å². The first-order valence-electron chi connectivity index (χ1n) is 6.55. The summed E-state index contributed by atoms with van der Waals surface area (Å²) < 4.78 is 5.26. The highest BCUT2D eigenvalue weighted by atomic mass is 32.2. The molecule has 0 aromatic heterocycles. The highest BCUT2D eigenvalue weighted by Gasteiger charge is 2.23. The first-order chi connectivity index (χ1) is 11.0. The van der Waals surface area contributed by atoms with E-state index in [1.807, 2.05) is 0 Å². The van der Waals surface area contributed by atoms with Crippen molar-refractivity contribution in [2.24, 2.45) is 4.99 Å². The molecule has 120 valence electrons. The Hall–Kier alpha value is -2.13. The summed E-state index contributed by atoms with van der Waals surface area (Å²) >= 11 is 2.26. The van der Waals surface area contributed by atoms with Crippen molar-refractivity contribution in [3.63, 3.8) is 0 Å². The molecule has 0 aliphatic carbocycles. The minimum atomic E-state index is -0.497. The fourth-order valence-corrected chi connectivity index (χ4v) is 3.45. The third-order valence-corrected chi connectivity index (χ3v) is 4.70. The Kier molecular flexibility index (Phi) is 5.94. The standard InChI is InChI=1S/C14H12N2O5S2/c1-2-21-12(17)8-22-14-15-13(18)11(23-14)7-9-4-3-5-10(6-9)16(19)20/h3-7H,2,8H2,1H3/b11-7+. The van der Waals surface area contributed by atoms with Crippen LogP contribution in [0.1, 0.15) is 12.5 Å². The molecule has 0 saturated carbocycles. The van der Waals surface area contributed by atoms with Gasteiger partial charge < -0.3 is 4.74 Å². The third kappa shape index (κ3) is 4.93. The van der Waals surface area contributed by atoms with Crippen LogP contribution in [0.2, 0.25) is 0 Å². The monoisotopic (exact) mass is 352 g/mol. The van der Waals surface area contributed by atoms with Crippen LogP contribution in [0.25, 0.3) is 6.08 Å². The van der Waals surface area contributed by atoms with Gasteiger partial charge in [-0.25, -0.2) is 0 Å². The number of non-ortho nitro benzene ring substituents is 1. The number of carbonyl (C=O) groups is 2. The lowest BCUT2D eigenvalue weighted by Crippen LogP contribution is -2.07. The molecular formula is C14H12N2O5S2. The highest BCUT2D eigenvalue weighted by Crippen LogP contribution is 2.34. The van der Waals surface area contributed by atoms with Crippen molar-refractivity contribution >= 4 is 51.5 Å². The molecule has 0 radical (unpaired) electrons. The molecule has 1 aromatic rings. The molecule has 0 N–H and O–H groups in total. The van der Waals surface area contributed by atoms with Crippen LogP contribution >= 0.6 is 23.5 Å². The molecule has 0 spiro atoms. The predicted octanol–water partition coefficient (Wildman–Crippen LogP) is 2.86. The van der Waals surface area contributed by atoms with Gasteiger partial charge >= 0.3 is 5.97 Å². The summed E-state index contributed by atoms with van der Waals surface area (Å²) in [7, 11) is 0. The Bertz CT molecular complexity index is 715. The number of rotatable bonds is 5. The normalized spacial score (nSPS) is 15.6. The van der Waals surface area contributed by atoms with Crippen LogP contribution in [0, 0.1) is 10.1 Å². The van der Waals surface area contributed by atoms with E-state index in [1.54, 1.807) is 25.1 Å². The van der Waals surface area contributed by atoms with Crippen molar-refractivity contribution in [3.8, 4) is 0 Å². The number of aliphatic imine (C=N–C) groups is 1. The summed E-state index contributed by atoms with van der Waals surface area (Å²) in [5.41, 5.74) is 0.495. The van der Waals surface area contributed by atoms with Crippen molar-refractivity contribution < 1.29 is 19.2 Å². The molecule has 0 fully saturated rings. The lowest BCUT2D eigenvalue weighted by atomic mass is 10.2. The van der Waals surface area contributed by atoms with Gasteiger partial charge in [-0.3, -0.25) is 19.7 Å². The maximum Gasteiger partial charge on any atom is 0.316 e. The average molecular weight is 352 g/mol. The van der Waals surface area contributed by atoms with E-state index in [-0.39, 0.29) is 17.4 Å². The van der Waals surface area contributed by atoms with E-state index in [0.29, 0.717) is 21.5 Å². The Labute approximate surface area is 140 Å². The van der Waals surface area contributed by atoms with E-state index in [1.165, 1.54) is 12.1 Å². The lowest BCUT2D eigenvalue weighted by molar-refractivity contribution is -0.384. The molecule has 0 atom stereocenters. The average Bonchev–Trinajstić information content (AvgIpc) is 2.86. The summed E-state index contributed by atoms with van der Waals surface area (Å²) in [4.78, 5) is 37.6. The Morgan fingerprint density at radius 3 is 3.00 bits per heavy atom. The smallest absolute Gasteiger partial charge is 0.316 e. The van der Waals surface area contributed by atoms with Gasteiger partial charge in [-0.15, -0.1) is 0 Å². The number of esters is 1. The molecule has 0 bridgehead atoms. The molecule has 1 amide bonds. The summed E-state index contributed by atoms with van der Waals surface area (Å²) in [5.74, 6) is -0.714. The van der Waals surface area contributed by atoms with Gasteiger partial charge in [0.15, 0.2) is 0 Å². The van der Waals surface area contributed by atoms with Crippen molar-refractivity contribution in [2.45, 2.75) is 6.92 Å². The number of carbonyl (C=O) groups excluding carboxylic acids is 2. The molecule has 7 nitrogen and oxygen atoms in total. The Balaban J connectivity index is 2.03. The predicted molar refractivity (Wildman–Crippen MR) is 90.2 cm³/mol. The quantitative estimate of drug-likeness (QED) is 0.348. The Morgan fingerprint density at radius 2 is 2.30 bits per heavy atom. The van der Waals surface area contributed by atoms with E-state index >= 15 is 0 Å². The summed E-state index contributed by atoms with van der Waals surface area (Å²) in [6.07, 6.45) is 1.54. The number of benzene rings is 1. The van der Waals surface area contributed by atoms with Crippen molar-refractivity contribution in [3.05, 3.63) is 44.8 Å². The molecule has 2 rings (SSSR count). The van der Waals surface area contributed by atoms with E-state index in [4.69, 9.17) is 4.74 Å². The number of ether oxygens (including phenoxy) is 1. The van der Waals surface area contributed by atoms with Crippen molar-refractivity contribution in [1.82, 2.24) is 0 Å². The van der Waals surface area contributed by atoms with Crippen LogP contribution in [0.3, 0.4) is 0 Å². The summed E-state index contributed by atoms with van der Waals surface area (Å²) in [6.45, 7) is 2.02. The van der Waals surface area contributed by atoms with E-state index in [9.17, 15) is 19.7 Å². The zero-order valence-electron chi connectivity index (χ0n) is 12.1. The molecule has 1 aromatic carbocycles. The van der Waals surface area contributed by atoms with Crippen molar-refractivity contribution in [2.75, 3.05) is 12.4 Å². The SMILES string of the molecule is CCOC(=O)CSC1=NC(=O)/C(=C\c2cccc([N+](=O)[O-])c2)S1. The highest BCUT2D eigenvalue weighted by molar-refractivity contribution is 8.41. The molecule has 0 saturated heterocycles. The summed E-state index contributed by atoms with van der Waals surface area (Å²) in [5, 5.41) is 10.8. The zero-order valence-corrected chi connectivity index (χ0v) is 13.7. The number of thioether (sulfide) groups is 2. The fraction of sp³-hybridized carbons (Fsp3) is 0.214. The number of nitrogens with zero attached hydrogens (tertiary/aromatic N) is 2. The van der Waals surface area contributed by atoms with Crippen LogP contribution in [0.15, 0.2) is 34.2 Å². The molecule has 1 aliphatic rings. The van der Waals surface area contributed by atoms with E-state index in [2.05, 4.69) is 4.99 Å². The first kappa shape index (κ1) is 17.2. The number of nitro groups is 1. The molecule has 9 heteroatoms. The third-order valence-electron chi connectivity index (χ3n) is 2.60. The number of hydrogen-bond acceptors (Lipinski definition) is 7. The maximum absolute atomic E-state index is 11.8. The van der Waals surface area contributed by atoms with Gasteiger partial charge in [0.1, 0.15) is 4.38 Å². The van der Waals surface area contributed by atoms with Gasteiger partial charge in [0.2, 0.25) is 0 Å². The number of amides is 1. The fourth-order valence-electron chi connectivity index (χ4n) is 1.65. The van der Waals surface area contributed by atoms with E-state index in [0.717, 1.165) is 23.5 Å². The molecular weight excluding hydrogens is 340 g/mol. The Morgan fingerprint density at radius 1 is 1.52 bits per heavy atom. The minimum Gasteiger partial charge on any atom is -0.465 e. The van der Waals surface area contributed by atoms with Gasteiger partial charge in [0, 0.05) is 12.1 Å². The zero-order chi connectivity index (χ0) is 16.8. The van der Waals surface area contributed by atoms with Gasteiger partial charge in [-0.1, -0.05) is 35.7 Å². The van der Waals surface area contributed by atoms with Gasteiger partial charge in [0.25, 0.3) is 11.6 Å². The minimum absolute atomic E-state index is 0.0485. The van der Waals surface area contributed by atoms with Gasteiger partial charge in [0.05, 0.1) is 22.2 Å². The second kappa shape index (κ2) is 7.93. The maximum atomic E-state index is 11.8. The molecule has 1 aliphatic heterocycles. The topological polar surface area (TPSA) is 98.9 Å². The number of nitro benzene ring substituents is 1. The van der Waals surface area contributed by atoms with Crippen LogP contribution in [0.5, 0.6) is 0 Å². The summed E-state index contributed by atoms with van der Waals surface area (Å²) in [6, 6.07) is 5.97. The van der Waals surface area contributed by atoms with Crippen LogP contribution in [-0.4, -0.2) is 33.5 Å². The van der Waals surface area contributed by atoms with Crippen LogP contribution in [-0.2, 0) is 14.3 Å². The van der Waals surface area contributed by atoms with Crippen molar-refractivity contribution in [1.29, 1.82) is 0 Å². The largest absolute Gasteiger partial charge is 0.465 e. The second-order valence-electron chi connectivity index (χ2n) is 4.24. The molecule has 1 heterocycles.